The summed E-state index contributed by atoms with van der Waals surface area (Å²) in [7, 11) is 0. The lowest BCUT2D eigenvalue weighted by atomic mass is 10.1. The SMILES string of the molecule is O=C1C(COc2ccc(OCC3CC3)nc2)CCN1c1ccc2nccn2c1. The fourth-order valence-corrected chi connectivity index (χ4v) is 3.44. The zero-order valence-corrected chi connectivity index (χ0v) is 15.5. The fraction of sp³-hybridized carbons (Fsp3) is 0.381. The molecule has 28 heavy (non-hydrogen) atoms. The molecule has 3 aromatic heterocycles. The standard InChI is InChI=1S/C21H22N4O3/c26-21-16(7-9-25(21)17-3-5-19-22-8-10-24(19)12-17)14-27-18-4-6-20(23-11-18)28-13-15-1-2-15/h3-6,8,10-12,15-16H,1-2,7,9,13-14H2. The predicted molar refractivity (Wildman–Crippen MR) is 104 cm³/mol. The molecule has 3 aromatic rings. The van der Waals surface area contributed by atoms with E-state index in [0.717, 1.165) is 24.4 Å². The highest BCUT2D eigenvalue weighted by molar-refractivity contribution is 5.97. The van der Waals surface area contributed by atoms with Gasteiger partial charge in [0.2, 0.25) is 11.8 Å². The van der Waals surface area contributed by atoms with Crippen LogP contribution in [0.3, 0.4) is 0 Å². The molecule has 5 rings (SSSR count). The maximum absolute atomic E-state index is 12.8. The molecule has 0 bridgehead atoms. The minimum absolute atomic E-state index is 0.0943. The maximum atomic E-state index is 12.8. The van der Waals surface area contributed by atoms with Crippen LogP contribution in [-0.4, -0.2) is 40.0 Å². The highest BCUT2D eigenvalue weighted by Crippen LogP contribution is 2.29. The average Bonchev–Trinajstić information content (AvgIpc) is 3.31. The number of imidazole rings is 1. The second-order valence-electron chi connectivity index (χ2n) is 7.45. The van der Waals surface area contributed by atoms with Crippen molar-refractivity contribution in [2.24, 2.45) is 11.8 Å². The van der Waals surface area contributed by atoms with Crippen molar-refractivity contribution in [3.05, 3.63) is 49.1 Å². The normalized spacial score (nSPS) is 19.4. The number of hydrogen-bond donors (Lipinski definition) is 0. The van der Waals surface area contributed by atoms with Crippen molar-refractivity contribution in [3.8, 4) is 11.6 Å². The molecule has 4 heterocycles. The molecule has 1 amide bonds. The van der Waals surface area contributed by atoms with Gasteiger partial charge in [0.05, 0.1) is 31.0 Å². The lowest BCUT2D eigenvalue weighted by Gasteiger charge is -2.17. The van der Waals surface area contributed by atoms with E-state index < -0.39 is 0 Å². The Morgan fingerprint density at radius 2 is 1.96 bits per heavy atom. The van der Waals surface area contributed by atoms with Crippen molar-refractivity contribution >= 4 is 17.2 Å². The van der Waals surface area contributed by atoms with E-state index in [1.165, 1.54) is 12.8 Å². The maximum Gasteiger partial charge on any atom is 0.233 e. The van der Waals surface area contributed by atoms with Crippen LogP contribution in [0.15, 0.2) is 49.1 Å². The van der Waals surface area contributed by atoms with Crippen molar-refractivity contribution in [2.45, 2.75) is 19.3 Å². The summed E-state index contributed by atoms with van der Waals surface area (Å²) in [4.78, 5) is 23.1. The molecular weight excluding hydrogens is 356 g/mol. The molecule has 1 saturated carbocycles. The summed E-state index contributed by atoms with van der Waals surface area (Å²) in [6, 6.07) is 7.53. The van der Waals surface area contributed by atoms with E-state index in [4.69, 9.17) is 9.47 Å². The van der Waals surface area contributed by atoms with Gasteiger partial charge in [0, 0.05) is 31.2 Å². The van der Waals surface area contributed by atoms with Crippen LogP contribution in [0.1, 0.15) is 19.3 Å². The third-order valence-electron chi connectivity index (χ3n) is 5.33. The number of pyridine rings is 2. The Labute approximate surface area is 162 Å². The van der Waals surface area contributed by atoms with Crippen LogP contribution < -0.4 is 14.4 Å². The smallest absolute Gasteiger partial charge is 0.233 e. The molecular formula is C21H22N4O3. The molecule has 0 spiro atoms. The first-order chi connectivity index (χ1) is 13.8. The summed E-state index contributed by atoms with van der Waals surface area (Å²) < 4.78 is 13.4. The molecule has 2 fully saturated rings. The highest BCUT2D eigenvalue weighted by Gasteiger charge is 2.33. The average molecular weight is 378 g/mol. The lowest BCUT2D eigenvalue weighted by Crippen LogP contribution is -2.29. The van der Waals surface area contributed by atoms with Gasteiger partial charge in [0.25, 0.3) is 0 Å². The van der Waals surface area contributed by atoms with Gasteiger partial charge in [-0.1, -0.05) is 0 Å². The molecule has 7 heteroatoms. The number of carbonyl (C=O) groups excluding carboxylic acids is 1. The number of ether oxygens (including phenoxy) is 2. The summed E-state index contributed by atoms with van der Waals surface area (Å²) in [6.45, 7) is 1.79. The molecule has 0 aromatic carbocycles. The molecule has 144 valence electrons. The third kappa shape index (κ3) is 3.52. The number of anilines is 1. The highest BCUT2D eigenvalue weighted by atomic mass is 16.5. The minimum atomic E-state index is -0.149. The van der Waals surface area contributed by atoms with Gasteiger partial charge in [-0.05, 0) is 43.4 Å². The van der Waals surface area contributed by atoms with Crippen molar-refractivity contribution < 1.29 is 14.3 Å². The van der Waals surface area contributed by atoms with E-state index in [9.17, 15) is 4.79 Å². The monoisotopic (exact) mass is 378 g/mol. The van der Waals surface area contributed by atoms with E-state index in [1.54, 1.807) is 12.4 Å². The van der Waals surface area contributed by atoms with Crippen molar-refractivity contribution in [3.63, 3.8) is 0 Å². The Balaban J connectivity index is 1.17. The van der Waals surface area contributed by atoms with Crippen molar-refractivity contribution in [2.75, 3.05) is 24.7 Å². The Kier molecular flexibility index (Phi) is 4.35. The number of nitrogens with zero attached hydrogens (tertiary/aromatic N) is 4. The first-order valence-electron chi connectivity index (χ1n) is 9.72. The first-order valence-corrected chi connectivity index (χ1v) is 9.72. The van der Waals surface area contributed by atoms with Gasteiger partial charge in [0.1, 0.15) is 11.4 Å². The number of fused-ring (bicyclic) bond motifs is 1. The van der Waals surface area contributed by atoms with Gasteiger partial charge >= 0.3 is 0 Å². The molecule has 0 N–H and O–H groups in total. The van der Waals surface area contributed by atoms with Gasteiger partial charge in [-0.2, -0.15) is 0 Å². The molecule has 1 unspecified atom stereocenters. The van der Waals surface area contributed by atoms with Crippen LogP contribution in [0.25, 0.3) is 5.65 Å². The molecule has 1 aliphatic heterocycles. The largest absolute Gasteiger partial charge is 0.491 e. The predicted octanol–water partition coefficient (Wildman–Crippen LogP) is 2.95. The Morgan fingerprint density at radius 1 is 1.04 bits per heavy atom. The van der Waals surface area contributed by atoms with E-state index in [0.29, 0.717) is 30.7 Å². The second kappa shape index (κ2) is 7.14. The first kappa shape index (κ1) is 17.0. The van der Waals surface area contributed by atoms with E-state index in [2.05, 4.69) is 9.97 Å². The van der Waals surface area contributed by atoms with E-state index in [1.807, 2.05) is 46.0 Å². The van der Waals surface area contributed by atoms with Gasteiger partial charge in [-0.25, -0.2) is 9.97 Å². The van der Waals surface area contributed by atoms with Crippen molar-refractivity contribution in [1.29, 1.82) is 0 Å². The van der Waals surface area contributed by atoms with Gasteiger partial charge < -0.3 is 18.8 Å². The molecule has 2 aliphatic rings. The third-order valence-corrected chi connectivity index (χ3v) is 5.33. The topological polar surface area (TPSA) is 69.0 Å². The number of hydrogen-bond acceptors (Lipinski definition) is 5. The Bertz CT molecular complexity index is 981. The number of aromatic nitrogens is 3. The quantitative estimate of drug-likeness (QED) is 0.632. The lowest BCUT2D eigenvalue weighted by molar-refractivity contribution is -0.121. The van der Waals surface area contributed by atoms with Crippen molar-refractivity contribution in [1.82, 2.24) is 14.4 Å². The zero-order valence-electron chi connectivity index (χ0n) is 15.5. The van der Waals surface area contributed by atoms with Crippen LogP contribution in [0.4, 0.5) is 5.69 Å². The number of rotatable bonds is 7. The Morgan fingerprint density at radius 3 is 2.79 bits per heavy atom. The van der Waals surface area contributed by atoms with Gasteiger partial charge in [-0.15, -0.1) is 0 Å². The fourth-order valence-electron chi connectivity index (χ4n) is 3.44. The number of amides is 1. The van der Waals surface area contributed by atoms with Crippen LogP contribution in [0, 0.1) is 11.8 Å². The summed E-state index contributed by atoms with van der Waals surface area (Å²) in [5.74, 6) is 1.92. The molecule has 0 radical (unpaired) electrons. The zero-order chi connectivity index (χ0) is 18.9. The number of carbonyl (C=O) groups is 1. The molecule has 1 aliphatic carbocycles. The molecule has 7 nitrogen and oxygen atoms in total. The Hall–Kier alpha value is -3.09. The van der Waals surface area contributed by atoms with E-state index in [-0.39, 0.29) is 11.8 Å². The van der Waals surface area contributed by atoms with Gasteiger partial charge in [0.15, 0.2) is 0 Å². The van der Waals surface area contributed by atoms with Crippen LogP contribution in [-0.2, 0) is 4.79 Å². The minimum Gasteiger partial charge on any atom is -0.491 e. The van der Waals surface area contributed by atoms with Crippen LogP contribution in [0.2, 0.25) is 0 Å². The van der Waals surface area contributed by atoms with Crippen LogP contribution >= 0.6 is 0 Å². The molecule has 1 atom stereocenters. The van der Waals surface area contributed by atoms with E-state index >= 15 is 0 Å². The summed E-state index contributed by atoms with van der Waals surface area (Å²) >= 11 is 0. The van der Waals surface area contributed by atoms with Gasteiger partial charge in [-0.3, -0.25) is 4.79 Å². The molecule has 1 saturated heterocycles. The van der Waals surface area contributed by atoms with Crippen LogP contribution in [0.5, 0.6) is 11.6 Å². The summed E-state index contributed by atoms with van der Waals surface area (Å²) in [5, 5.41) is 0. The summed E-state index contributed by atoms with van der Waals surface area (Å²) in [5.41, 5.74) is 1.75. The second-order valence-corrected chi connectivity index (χ2v) is 7.45. The summed E-state index contributed by atoms with van der Waals surface area (Å²) in [6.07, 6.45) is 10.5.